The molecule has 2 rings (SSSR count). The zero-order valence-corrected chi connectivity index (χ0v) is 13.8. The molecule has 2 aromatic rings. The summed E-state index contributed by atoms with van der Waals surface area (Å²) in [6.07, 6.45) is 1.46. The smallest absolute Gasteiger partial charge is 0.273 e. The lowest BCUT2D eigenvalue weighted by molar-refractivity contribution is 0.0877. The minimum atomic E-state index is -0.465. The molecular formula is C15H22ClN5O. The van der Waals surface area contributed by atoms with Crippen molar-refractivity contribution in [2.24, 2.45) is 11.7 Å². The summed E-state index contributed by atoms with van der Waals surface area (Å²) in [6, 6.07) is 9.45. The number of rotatable bonds is 5. The normalized spacial score (nSPS) is 13.3. The van der Waals surface area contributed by atoms with Gasteiger partial charge < -0.3 is 11.1 Å². The SMILES string of the molecule is CC(C)C(C)(CN)NC(=O)c1cnn(-c2ccccc2)n1.Cl. The Hall–Kier alpha value is -1.92. The van der Waals surface area contributed by atoms with Crippen molar-refractivity contribution in [1.82, 2.24) is 20.3 Å². The Morgan fingerprint density at radius 3 is 2.55 bits per heavy atom. The summed E-state index contributed by atoms with van der Waals surface area (Å²) in [6.45, 7) is 6.34. The van der Waals surface area contributed by atoms with Gasteiger partial charge in [-0.25, -0.2) is 0 Å². The number of amides is 1. The van der Waals surface area contributed by atoms with Crippen LogP contribution in [0.2, 0.25) is 0 Å². The highest BCUT2D eigenvalue weighted by Gasteiger charge is 2.29. The molecule has 0 aliphatic heterocycles. The van der Waals surface area contributed by atoms with Gasteiger partial charge >= 0.3 is 0 Å². The minimum absolute atomic E-state index is 0. The Balaban J connectivity index is 0.00000242. The van der Waals surface area contributed by atoms with Crippen molar-refractivity contribution in [3.8, 4) is 5.69 Å². The van der Waals surface area contributed by atoms with Crippen LogP contribution in [0.5, 0.6) is 0 Å². The van der Waals surface area contributed by atoms with Gasteiger partial charge in [-0.15, -0.1) is 17.5 Å². The second kappa shape index (κ2) is 7.38. The third-order valence-electron chi connectivity index (χ3n) is 3.81. The van der Waals surface area contributed by atoms with Gasteiger partial charge in [-0.1, -0.05) is 32.0 Å². The molecule has 22 heavy (non-hydrogen) atoms. The van der Waals surface area contributed by atoms with Crippen LogP contribution in [-0.4, -0.2) is 33.0 Å². The van der Waals surface area contributed by atoms with Crippen LogP contribution < -0.4 is 11.1 Å². The van der Waals surface area contributed by atoms with Gasteiger partial charge in [-0.05, 0) is 25.0 Å². The monoisotopic (exact) mass is 323 g/mol. The quantitative estimate of drug-likeness (QED) is 0.878. The Morgan fingerprint density at radius 1 is 1.36 bits per heavy atom. The molecule has 1 aromatic carbocycles. The van der Waals surface area contributed by atoms with Gasteiger partial charge in [0.15, 0.2) is 5.69 Å². The van der Waals surface area contributed by atoms with Crippen LogP contribution >= 0.6 is 12.4 Å². The van der Waals surface area contributed by atoms with E-state index in [-0.39, 0.29) is 29.9 Å². The molecule has 1 atom stereocenters. The number of hydrogen-bond donors (Lipinski definition) is 2. The predicted molar refractivity (Wildman–Crippen MR) is 88.4 cm³/mol. The van der Waals surface area contributed by atoms with Gasteiger partial charge in [0.25, 0.3) is 5.91 Å². The maximum Gasteiger partial charge on any atom is 0.273 e. The molecule has 7 heteroatoms. The average Bonchev–Trinajstić information content (AvgIpc) is 2.97. The molecule has 1 amide bonds. The molecule has 1 unspecified atom stereocenters. The number of nitrogens with two attached hydrogens (primary N) is 1. The van der Waals surface area contributed by atoms with E-state index < -0.39 is 5.54 Å². The Labute approximate surface area is 136 Å². The molecule has 120 valence electrons. The molecule has 0 bridgehead atoms. The van der Waals surface area contributed by atoms with E-state index in [1.807, 2.05) is 51.1 Å². The van der Waals surface area contributed by atoms with E-state index in [9.17, 15) is 4.79 Å². The van der Waals surface area contributed by atoms with Crippen LogP contribution in [0.15, 0.2) is 36.5 Å². The number of nitrogens with one attached hydrogen (secondary N) is 1. The van der Waals surface area contributed by atoms with E-state index in [4.69, 9.17) is 5.73 Å². The first kappa shape index (κ1) is 18.1. The zero-order chi connectivity index (χ0) is 15.5. The Bertz CT molecular complexity index is 613. The summed E-state index contributed by atoms with van der Waals surface area (Å²) in [5.74, 6) is -0.0468. The molecule has 0 saturated carbocycles. The van der Waals surface area contributed by atoms with E-state index in [1.165, 1.54) is 11.0 Å². The number of carbonyl (C=O) groups is 1. The van der Waals surface area contributed by atoms with Crippen molar-refractivity contribution in [3.63, 3.8) is 0 Å². The first-order chi connectivity index (χ1) is 9.96. The third-order valence-corrected chi connectivity index (χ3v) is 3.81. The Morgan fingerprint density at radius 2 is 2.00 bits per heavy atom. The lowest BCUT2D eigenvalue weighted by Gasteiger charge is -2.33. The highest BCUT2D eigenvalue weighted by Crippen LogP contribution is 2.15. The molecule has 0 aliphatic carbocycles. The highest BCUT2D eigenvalue weighted by molar-refractivity contribution is 5.92. The van der Waals surface area contributed by atoms with E-state index in [1.54, 1.807) is 0 Å². The van der Waals surface area contributed by atoms with Crippen LogP contribution in [0, 0.1) is 5.92 Å². The fourth-order valence-electron chi connectivity index (χ4n) is 1.81. The number of carbonyl (C=O) groups excluding carboxylic acids is 1. The van der Waals surface area contributed by atoms with Crippen LogP contribution in [0.3, 0.4) is 0 Å². The van der Waals surface area contributed by atoms with E-state index in [0.717, 1.165) is 5.69 Å². The van der Waals surface area contributed by atoms with Crippen LogP contribution in [0.1, 0.15) is 31.3 Å². The maximum atomic E-state index is 12.3. The van der Waals surface area contributed by atoms with Crippen molar-refractivity contribution in [2.75, 3.05) is 6.54 Å². The lowest BCUT2D eigenvalue weighted by Crippen LogP contribution is -2.55. The van der Waals surface area contributed by atoms with Gasteiger partial charge in [0.2, 0.25) is 0 Å². The third kappa shape index (κ3) is 3.84. The van der Waals surface area contributed by atoms with Crippen LogP contribution in [0.4, 0.5) is 0 Å². The number of nitrogens with zero attached hydrogens (tertiary/aromatic N) is 3. The number of hydrogen-bond acceptors (Lipinski definition) is 4. The molecule has 0 aliphatic rings. The first-order valence-corrected chi connectivity index (χ1v) is 6.96. The lowest BCUT2D eigenvalue weighted by atomic mass is 9.88. The highest BCUT2D eigenvalue weighted by atomic mass is 35.5. The summed E-state index contributed by atoms with van der Waals surface area (Å²) in [5.41, 5.74) is 6.39. The Kier molecular flexibility index (Phi) is 6.08. The summed E-state index contributed by atoms with van der Waals surface area (Å²) in [4.78, 5) is 13.7. The summed E-state index contributed by atoms with van der Waals surface area (Å²) >= 11 is 0. The predicted octanol–water partition coefficient (Wildman–Crippen LogP) is 1.79. The molecular weight excluding hydrogens is 302 g/mol. The molecule has 0 fully saturated rings. The molecule has 6 nitrogen and oxygen atoms in total. The van der Waals surface area contributed by atoms with Gasteiger partial charge in [0.1, 0.15) is 0 Å². The number of para-hydroxylation sites is 1. The standard InChI is InChI=1S/C15H21N5O.ClH/c1-11(2)15(3,10-16)18-14(21)13-9-17-20(19-13)12-7-5-4-6-8-12;/h4-9,11H,10,16H2,1-3H3,(H,18,21);1H. The van der Waals surface area contributed by atoms with E-state index in [2.05, 4.69) is 15.5 Å². The van der Waals surface area contributed by atoms with E-state index in [0.29, 0.717) is 6.54 Å². The second-order valence-electron chi connectivity index (χ2n) is 5.59. The van der Waals surface area contributed by atoms with E-state index >= 15 is 0 Å². The fourth-order valence-corrected chi connectivity index (χ4v) is 1.81. The van der Waals surface area contributed by atoms with Crippen molar-refractivity contribution in [3.05, 3.63) is 42.2 Å². The van der Waals surface area contributed by atoms with Crippen LogP contribution in [0.25, 0.3) is 5.69 Å². The molecule has 0 radical (unpaired) electrons. The summed E-state index contributed by atoms with van der Waals surface area (Å²) < 4.78 is 0. The van der Waals surface area contributed by atoms with Gasteiger partial charge in [-0.2, -0.15) is 9.90 Å². The average molecular weight is 324 g/mol. The zero-order valence-electron chi connectivity index (χ0n) is 13.0. The molecule has 1 aromatic heterocycles. The van der Waals surface area contributed by atoms with Crippen molar-refractivity contribution < 1.29 is 4.79 Å². The van der Waals surface area contributed by atoms with Gasteiger partial charge in [0.05, 0.1) is 17.4 Å². The number of benzene rings is 1. The summed E-state index contributed by atoms with van der Waals surface area (Å²) in [5, 5.41) is 11.3. The van der Waals surface area contributed by atoms with Crippen molar-refractivity contribution in [2.45, 2.75) is 26.3 Å². The topological polar surface area (TPSA) is 85.8 Å². The van der Waals surface area contributed by atoms with Crippen molar-refractivity contribution in [1.29, 1.82) is 0 Å². The number of halogens is 1. The van der Waals surface area contributed by atoms with Gasteiger partial charge in [0, 0.05) is 6.54 Å². The maximum absolute atomic E-state index is 12.3. The number of aromatic nitrogens is 3. The summed E-state index contributed by atoms with van der Waals surface area (Å²) in [7, 11) is 0. The van der Waals surface area contributed by atoms with Gasteiger partial charge in [-0.3, -0.25) is 4.79 Å². The molecule has 1 heterocycles. The van der Waals surface area contributed by atoms with Crippen LogP contribution in [-0.2, 0) is 0 Å². The van der Waals surface area contributed by atoms with Crippen molar-refractivity contribution >= 4 is 18.3 Å². The first-order valence-electron chi connectivity index (χ1n) is 6.96. The fraction of sp³-hybridized carbons (Fsp3) is 0.400. The molecule has 0 saturated heterocycles. The second-order valence-corrected chi connectivity index (χ2v) is 5.59. The molecule has 0 spiro atoms. The molecule has 3 N–H and O–H groups in total. The largest absolute Gasteiger partial charge is 0.344 e. The minimum Gasteiger partial charge on any atom is -0.344 e.